The fourth-order valence-corrected chi connectivity index (χ4v) is 0.686. The van der Waals surface area contributed by atoms with Crippen LogP contribution in [0.5, 0.6) is 0 Å². The molecule has 46 valence electrons. The summed E-state index contributed by atoms with van der Waals surface area (Å²) in [6, 6.07) is 0. The Morgan fingerprint density at radius 3 is 2.62 bits per heavy atom. The molecule has 3 N–H and O–H groups in total. The van der Waals surface area contributed by atoms with Gasteiger partial charge in [-0.2, -0.15) is 0 Å². The molecule has 0 aromatic heterocycles. The molecule has 0 saturated carbocycles. The van der Waals surface area contributed by atoms with E-state index in [0.717, 1.165) is 5.70 Å². The smallest absolute Gasteiger partial charge is 0.0542 e. The predicted molar refractivity (Wildman–Crippen MR) is 39.1 cm³/mol. The van der Waals surface area contributed by atoms with Gasteiger partial charge in [0, 0.05) is 0 Å². The second kappa shape index (κ2) is 4.74. The number of nitrogens with one attached hydrogen (secondary N) is 1. The van der Waals surface area contributed by atoms with Crippen LogP contribution in [0, 0.1) is 0 Å². The van der Waals surface area contributed by atoms with Gasteiger partial charge in [-0.15, -0.1) is 11.8 Å². The van der Waals surface area contributed by atoms with Crippen LogP contribution < -0.4 is 11.3 Å². The Kier molecular flexibility index (Phi) is 4.50. The van der Waals surface area contributed by atoms with Gasteiger partial charge in [0.25, 0.3) is 0 Å². The minimum Gasteiger partial charge on any atom is -0.324 e. The lowest BCUT2D eigenvalue weighted by Crippen LogP contribution is -2.19. The lowest BCUT2D eigenvalue weighted by atomic mass is 10.5. The van der Waals surface area contributed by atoms with Crippen molar-refractivity contribution in [3.63, 3.8) is 0 Å². The van der Waals surface area contributed by atoms with Crippen molar-refractivity contribution >= 4 is 11.8 Å². The molecule has 0 aliphatic carbocycles. The zero-order chi connectivity index (χ0) is 6.41. The maximum absolute atomic E-state index is 5.07. The topological polar surface area (TPSA) is 38.0 Å². The normalized spacial score (nSPS) is 11.0. The third-order valence-electron chi connectivity index (χ3n) is 0.631. The zero-order valence-corrected chi connectivity index (χ0v) is 5.66. The molecular formula is C5H10N2S. The average molecular weight is 130 g/mol. The highest BCUT2D eigenvalue weighted by molar-refractivity contribution is 8.01. The molecule has 0 atom stereocenters. The Morgan fingerprint density at radius 1 is 1.88 bits per heavy atom. The minimum absolute atomic E-state index is 0.845. The van der Waals surface area contributed by atoms with E-state index in [1.165, 1.54) is 0 Å². The van der Waals surface area contributed by atoms with Crippen molar-refractivity contribution in [2.75, 3.05) is 6.26 Å². The molecule has 0 rings (SSSR count). The quantitative estimate of drug-likeness (QED) is 0.338. The SMILES string of the molecule is C=C/C(=C\SC)NN. The first kappa shape index (κ1) is 7.59. The molecule has 0 spiro atoms. The van der Waals surface area contributed by atoms with Crippen LogP contribution in [-0.4, -0.2) is 6.26 Å². The van der Waals surface area contributed by atoms with Crippen molar-refractivity contribution in [1.82, 2.24) is 5.43 Å². The molecule has 0 amide bonds. The molecule has 0 bridgehead atoms. The zero-order valence-electron chi connectivity index (χ0n) is 4.85. The van der Waals surface area contributed by atoms with Crippen molar-refractivity contribution in [2.45, 2.75) is 0 Å². The van der Waals surface area contributed by atoms with Gasteiger partial charge in [0.05, 0.1) is 5.70 Å². The van der Waals surface area contributed by atoms with Gasteiger partial charge >= 0.3 is 0 Å². The van der Waals surface area contributed by atoms with Gasteiger partial charge in [-0.25, -0.2) is 0 Å². The van der Waals surface area contributed by atoms with E-state index < -0.39 is 0 Å². The number of nitrogens with two attached hydrogens (primary N) is 1. The highest BCUT2D eigenvalue weighted by Crippen LogP contribution is 1.98. The van der Waals surface area contributed by atoms with Gasteiger partial charge in [-0.1, -0.05) is 6.58 Å². The van der Waals surface area contributed by atoms with Gasteiger partial charge < -0.3 is 5.43 Å². The summed E-state index contributed by atoms with van der Waals surface area (Å²) in [5, 5.41) is 1.88. The molecule has 0 radical (unpaired) electrons. The molecule has 0 aromatic carbocycles. The molecule has 0 heterocycles. The van der Waals surface area contributed by atoms with E-state index in [-0.39, 0.29) is 0 Å². The van der Waals surface area contributed by atoms with E-state index in [0.29, 0.717) is 0 Å². The van der Waals surface area contributed by atoms with Crippen LogP contribution in [0.25, 0.3) is 0 Å². The summed E-state index contributed by atoms with van der Waals surface area (Å²) in [5.74, 6) is 5.07. The summed E-state index contributed by atoms with van der Waals surface area (Å²) in [5.41, 5.74) is 3.32. The third kappa shape index (κ3) is 2.71. The van der Waals surface area contributed by atoms with Gasteiger partial charge in [-0.05, 0) is 17.7 Å². The summed E-state index contributed by atoms with van der Waals surface area (Å²) < 4.78 is 0. The number of hydrazine groups is 1. The lowest BCUT2D eigenvalue weighted by Gasteiger charge is -1.95. The number of allylic oxidation sites excluding steroid dienone is 1. The fourth-order valence-electron chi connectivity index (χ4n) is 0.268. The number of thioether (sulfide) groups is 1. The molecule has 0 unspecified atom stereocenters. The van der Waals surface area contributed by atoms with Crippen LogP contribution in [0.2, 0.25) is 0 Å². The molecule has 0 aliphatic heterocycles. The number of rotatable bonds is 3. The monoisotopic (exact) mass is 130 g/mol. The molecule has 0 saturated heterocycles. The molecule has 3 heteroatoms. The number of hydrogen-bond donors (Lipinski definition) is 2. The highest BCUT2D eigenvalue weighted by Gasteiger charge is 1.79. The maximum atomic E-state index is 5.07. The van der Waals surface area contributed by atoms with Crippen molar-refractivity contribution in [2.24, 2.45) is 5.84 Å². The Labute approximate surface area is 53.8 Å². The average Bonchev–Trinajstić information content (AvgIpc) is 1.83. The first-order valence-electron chi connectivity index (χ1n) is 2.17. The van der Waals surface area contributed by atoms with Crippen LogP contribution in [0.1, 0.15) is 0 Å². The van der Waals surface area contributed by atoms with Crippen LogP contribution in [0.15, 0.2) is 23.8 Å². The van der Waals surface area contributed by atoms with E-state index in [1.54, 1.807) is 17.8 Å². The summed E-state index contributed by atoms with van der Waals surface area (Å²) in [6.45, 7) is 3.53. The van der Waals surface area contributed by atoms with Crippen molar-refractivity contribution < 1.29 is 0 Å². The highest BCUT2D eigenvalue weighted by atomic mass is 32.2. The van der Waals surface area contributed by atoms with Crippen LogP contribution in [0.3, 0.4) is 0 Å². The summed E-state index contributed by atoms with van der Waals surface area (Å²) in [7, 11) is 0. The Bertz CT molecular complexity index is 98.6. The minimum atomic E-state index is 0.845. The van der Waals surface area contributed by atoms with E-state index in [2.05, 4.69) is 12.0 Å². The standard InChI is InChI=1S/C5H10N2S/c1-3-5(7-6)4-8-2/h3-4,7H,1,6H2,2H3/b5-4+. The fraction of sp³-hybridized carbons (Fsp3) is 0.200. The largest absolute Gasteiger partial charge is 0.324 e. The lowest BCUT2D eigenvalue weighted by molar-refractivity contribution is 0.921. The van der Waals surface area contributed by atoms with Crippen molar-refractivity contribution in [3.8, 4) is 0 Å². The van der Waals surface area contributed by atoms with Gasteiger partial charge in [0.1, 0.15) is 0 Å². The van der Waals surface area contributed by atoms with E-state index >= 15 is 0 Å². The summed E-state index contributed by atoms with van der Waals surface area (Å²) >= 11 is 1.58. The van der Waals surface area contributed by atoms with Gasteiger partial charge in [0.15, 0.2) is 0 Å². The number of hydrogen-bond acceptors (Lipinski definition) is 3. The Balaban J connectivity index is 3.66. The van der Waals surface area contributed by atoms with Crippen LogP contribution >= 0.6 is 11.8 Å². The van der Waals surface area contributed by atoms with Gasteiger partial charge in [-0.3, -0.25) is 5.84 Å². The molecule has 0 fully saturated rings. The summed E-state index contributed by atoms with van der Waals surface area (Å²) in [4.78, 5) is 0. The maximum Gasteiger partial charge on any atom is 0.0542 e. The summed E-state index contributed by atoms with van der Waals surface area (Å²) in [6.07, 6.45) is 3.62. The molecule has 0 aliphatic rings. The third-order valence-corrected chi connectivity index (χ3v) is 1.12. The molecule has 2 nitrogen and oxygen atoms in total. The second-order valence-electron chi connectivity index (χ2n) is 1.16. The van der Waals surface area contributed by atoms with E-state index in [9.17, 15) is 0 Å². The van der Waals surface area contributed by atoms with Crippen molar-refractivity contribution in [1.29, 1.82) is 0 Å². The van der Waals surface area contributed by atoms with Crippen LogP contribution in [-0.2, 0) is 0 Å². The van der Waals surface area contributed by atoms with Crippen molar-refractivity contribution in [3.05, 3.63) is 23.8 Å². The molecule has 0 aromatic rings. The first-order valence-corrected chi connectivity index (χ1v) is 3.46. The second-order valence-corrected chi connectivity index (χ2v) is 1.86. The first-order chi connectivity index (χ1) is 3.85. The van der Waals surface area contributed by atoms with Crippen LogP contribution in [0.4, 0.5) is 0 Å². The molecular weight excluding hydrogens is 120 g/mol. The van der Waals surface area contributed by atoms with E-state index in [4.69, 9.17) is 5.84 Å². The predicted octanol–water partition coefficient (Wildman–Crippen LogP) is 0.840. The Hall–Kier alpha value is -0.410. The van der Waals surface area contributed by atoms with Gasteiger partial charge in [0.2, 0.25) is 0 Å². The van der Waals surface area contributed by atoms with E-state index in [1.807, 2.05) is 11.7 Å². The Morgan fingerprint density at radius 2 is 2.50 bits per heavy atom. The molecule has 8 heavy (non-hydrogen) atoms.